The molecule has 22 heavy (non-hydrogen) atoms. The minimum Gasteiger partial charge on any atom is -0.353 e. The van der Waals surface area contributed by atoms with Gasteiger partial charge in [0, 0.05) is 24.4 Å². The van der Waals surface area contributed by atoms with E-state index in [2.05, 4.69) is 15.5 Å². The van der Waals surface area contributed by atoms with Crippen LogP contribution in [0.5, 0.6) is 0 Å². The summed E-state index contributed by atoms with van der Waals surface area (Å²) in [6.07, 6.45) is 2.52. The van der Waals surface area contributed by atoms with Crippen LogP contribution in [0.25, 0.3) is 11.4 Å². The summed E-state index contributed by atoms with van der Waals surface area (Å²) in [4.78, 5) is 16.0. The summed E-state index contributed by atoms with van der Waals surface area (Å²) in [7, 11) is 0. The molecule has 6 heteroatoms. The maximum absolute atomic E-state index is 12.9. The van der Waals surface area contributed by atoms with E-state index in [9.17, 15) is 9.18 Å². The Hall–Kier alpha value is -2.24. The quantitative estimate of drug-likeness (QED) is 0.853. The number of carbonyl (C=O) groups is 1. The molecule has 1 amide bonds. The molecule has 0 aliphatic carbocycles. The Morgan fingerprint density at radius 1 is 1.27 bits per heavy atom. The first-order valence-electron chi connectivity index (χ1n) is 7.50. The summed E-state index contributed by atoms with van der Waals surface area (Å²) in [5.41, 5.74) is 0.679. The van der Waals surface area contributed by atoms with Crippen molar-refractivity contribution in [1.82, 2.24) is 15.5 Å². The Bertz CT molecular complexity index is 606. The Balaban J connectivity index is 1.89. The molecule has 1 N–H and O–H groups in total. The standard InChI is InChI=1S/C16H20FN3O2/c1-3-13(4-2)18-14(21)9-10-15-19-16(20-22-15)11-5-7-12(17)8-6-11/h5-8,13H,3-4,9-10H2,1-2H3,(H,18,21). The van der Waals surface area contributed by atoms with Crippen LogP contribution < -0.4 is 5.32 Å². The lowest BCUT2D eigenvalue weighted by atomic mass is 10.1. The minimum absolute atomic E-state index is 0.0183. The van der Waals surface area contributed by atoms with Crippen molar-refractivity contribution in [2.45, 2.75) is 45.6 Å². The molecular formula is C16H20FN3O2. The van der Waals surface area contributed by atoms with Crippen LogP contribution in [0.3, 0.4) is 0 Å². The molecule has 5 nitrogen and oxygen atoms in total. The summed E-state index contributed by atoms with van der Waals surface area (Å²) < 4.78 is 18.0. The van der Waals surface area contributed by atoms with Crippen molar-refractivity contribution in [2.75, 3.05) is 0 Å². The molecule has 2 rings (SSSR count). The van der Waals surface area contributed by atoms with E-state index in [1.165, 1.54) is 12.1 Å². The molecule has 0 radical (unpaired) electrons. The zero-order valence-corrected chi connectivity index (χ0v) is 12.8. The molecule has 0 aliphatic rings. The van der Waals surface area contributed by atoms with Gasteiger partial charge in [-0.2, -0.15) is 4.98 Å². The van der Waals surface area contributed by atoms with Crippen LogP contribution in [0.4, 0.5) is 4.39 Å². The van der Waals surface area contributed by atoms with Gasteiger partial charge in [-0.15, -0.1) is 0 Å². The van der Waals surface area contributed by atoms with Crippen LogP contribution in [0.2, 0.25) is 0 Å². The van der Waals surface area contributed by atoms with Crippen molar-refractivity contribution in [3.63, 3.8) is 0 Å². The lowest BCUT2D eigenvalue weighted by Crippen LogP contribution is -2.33. The van der Waals surface area contributed by atoms with Gasteiger partial charge < -0.3 is 9.84 Å². The topological polar surface area (TPSA) is 68.0 Å². The third-order valence-corrected chi connectivity index (χ3v) is 3.49. The highest BCUT2D eigenvalue weighted by Gasteiger charge is 2.12. The molecule has 1 heterocycles. The molecule has 0 unspecified atom stereocenters. The van der Waals surface area contributed by atoms with Crippen LogP contribution in [0.15, 0.2) is 28.8 Å². The number of halogens is 1. The molecule has 0 bridgehead atoms. The zero-order valence-electron chi connectivity index (χ0n) is 12.8. The van der Waals surface area contributed by atoms with Crippen LogP contribution in [0.1, 0.15) is 39.0 Å². The van der Waals surface area contributed by atoms with Crippen molar-refractivity contribution < 1.29 is 13.7 Å². The van der Waals surface area contributed by atoms with E-state index in [4.69, 9.17) is 4.52 Å². The van der Waals surface area contributed by atoms with Crippen molar-refractivity contribution in [3.8, 4) is 11.4 Å². The van der Waals surface area contributed by atoms with Gasteiger partial charge >= 0.3 is 0 Å². The number of aromatic nitrogens is 2. The molecule has 118 valence electrons. The van der Waals surface area contributed by atoms with Gasteiger partial charge in [0.1, 0.15) is 5.82 Å². The largest absolute Gasteiger partial charge is 0.353 e. The highest BCUT2D eigenvalue weighted by molar-refractivity contribution is 5.76. The Morgan fingerprint density at radius 3 is 2.59 bits per heavy atom. The third-order valence-electron chi connectivity index (χ3n) is 3.49. The third kappa shape index (κ3) is 4.38. The second-order valence-electron chi connectivity index (χ2n) is 5.10. The monoisotopic (exact) mass is 305 g/mol. The van der Waals surface area contributed by atoms with E-state index in [0.717, 1.165) is 12.8 Å². The molecule has 0 fully saturated rings. The lowest BCUT2D eigenvalue weighted by Gasteiger charge is -2.13. The van der Waals surface area contributed by atoms with Gasteiger partial charge in [0.15, 0.2) is 0 Å². The highest BCUT2D eigenvalue weighted by atomic mass is 19.1. The van der Waals surface area contributed by atoms with E-state index in [-0.39, 0.29) is 17.8 Å². The molecule has 0 saturated carbocycles. The summed E-state index contributed by atoms with van der Waals surface area (Å²) in [5, 5.41) is 6.81. The van der Waals surface area contributed by atoms with Crippen molar-refractivity contribution >= 4 is 5.91 Å². The molecule has 0 saturated heterocycles. The molecule has 0 aliphatic heterocycles. The average molecular weight is 305 g/mol. The molecule has 0 spiro atoms. The predicted molar refractivity (Wildman–Crippen MR) is 80.5 cm³/mol. The Labute approximate surface area is 128 Å². The van der Waals surface area contributed by atoms with Crippen molar-refractivity contribution in [3.05, 3.63) is 36.0 Å². The van der Waals surface area contributed by atoms with E-state index in [1.54, 1.807) is 12.1 Å². The van der Waals surface area contributed by atoms with Gasteiger partial charge in [-0.3, -0.25) is 4.79 Å². The normalized spacial score (nSPS) is 10.9. The first-order chi connectivity index (χ1) is 10.6. The van der Waals surface area contributed by atoms with E-state index in [1.807, 2.05) is 13.8 Å². The first-order valence-corrected chi connectivity index (χ1v) is 7.50. The van der Waals surface area contributed by atoms with Gasteiger partial charge in [-0.25, -0.2) is 4.39 Å². The Kier molecular flexibility index (Phi) is 5.63. The maximum Gasteiger partial charge on any atom is 0.227 e. The average Bonchev–Trinajstić information content (AvgIpc) is 3.00. The van der Waals surface area contributed by atoms with Gasteiger partial charge in [-0.1, -0.05) is 19.0 Å². The van der Waals surface area contributed by atoms with E-state index in [0.29, 0.717) is 30.1 Å². The van der Waals surface area contributed by atoms with Crippen molar-refractivity contribution in [1.29, 1.82) is 0 Å². The summed E-state index contributed by atoms with van der Waals surface area (Å²) >= 11 is 0. The van der Waals surface area contributed by atoms with Crippen LogP contribution >= 0.6 is 0 Å². The molecular weight excluding hydrogens is 285 g/mol. The summed E-state index contributed by atoms with van der Waals surface area (Å²) in [6.45, 7) is 4.09. The van der Waals surface area contributed by atoms with Crippen LogP contribution in [-0.2, 0) is 11.2 Å². The number of benzene rings is 1. The SMILES string of the molecule is CCC(CC)NC(=O)CCc1nc(-c2ccc(F)cc2)no1. The van der Waals surface area contributed by atoms with Crippen LogP contribution in [0, 0.1) is 5.82 Å². The summed E-state index contributed by atoms with van der Waals surface area (Å²) in [5.74, 6) is 0.468. The van der Waals surface area contributed by atoms with Gasteiger partial charge in [-0.05, 0) is 37.1 Å². The molecule has 0 atom stereocenters. The number of rotatable bonds is 7. The van der Waals surface area contributed by atoms with Crippen LogP contribution in [-0.4, -0.2) is 22.1 Å². The summed E-state index contributed by atoms with van der Waals surface area (Å²) in [6, 6.07) is 6.07. The van der Waals surface area contributed by atoms with E-state index >= 15 is 0 Å². The molecule has 1 aromatic heterocycles. The number of amides is 1. The number of aryl methyl sites for hydroxylation is 1. The molecule has 1 aromatic carbocycles. The maximum atomic E-state index is 12.9. The number of hydrogen-bond donors (Lipinski definition) is 1. The zero-order chi connectivity index (χ0) is 15.9. The molecule has 2 aromatic rings. The fourth-order valence-electron chi connectivity index (χ4n) is 2.09. The predicted octanol–water partition coefficient (Wildman–Crippen LogP) is 3.11. The first kappa shape index (κ1) is 16.1. The van der Waals surface area contributed by atoms with Gasteiger partial charge in [0.25, 0.3) is 0 Å². The fourth-order valence-corrected chi connectivity index (χ4v) is 2.09. The minimum atomic E-state index is -0.314. The Morgan fingerprint density at radius 2 is 1.95 bits per heavy atom. The van der Waals surface area contributed by atoms with Crippen molar-refractivity contribution in [2.24, 2.45) is 0 Å². The lowest BCUT2D eigenvalue weighted by molar-refractivity contribution is -0.121. The number of hydrogen-bond acceptors (Lipinski definition) is 4. The van der Waals surface area contributed by atoms with Gasteiger partial charge in [0.05, 0.1) is 0 Å². The van der Waals surface area contributed by atoms with E-state index < -0.39 is 0 Å². The smallest absolute Gasteiger partial charge is 0.227 e. The second kappa shape index (κ2) is 7.68. The highest BCUT2D eigenvalue weighted by Crippen LogP contribution is 2.16. The number of carbonyl (C=O) groups excluding carboxylic acids is 1. The van der Waals surface area contributed by atoms with Gasteiger partial charge in [0.2, 0.25) is 17.6 Å². The number of nitrogens with zero attached hydrogens (tertiary/aromatic N) is 2. The number of nitrogens with one attached hydrogen (secondary N) is 1. The second-order valence-corrected chi connectivity index (χ2v) is 5.10. The fraction of sp³-hybridized carbons (Fsp3) is 0.438.